The summed E-state index contributed by atoms with van der Waals surface area (Å²) in [4.78, 5) is 11.5. The Labute approximate surface area is 118 Å². The summed E-state index contributed by atoms with van der Waals surface area (Å²) < 4.78 is 10.6. The van der Waals surface area contributed by atoms with Gasteiger partial charge in [0.1, 0.15) is 0 Å². The average molecular weight is 277 g/mol. The smallest absolute Gasteiger partial charge is 0.257 e. The van der Waals surface area contributed by atoms with Gasteiger partial charge in [-0.05, 0) is 30.7 Å². The second-order valence-electron chi connectivity index (χ2n) is 4.07. The Balaban J connectivity index is 2.55. The van der Waals surface area contributed by atoms with Crippen molar-refractivity contribution >= 4 is 5.91 Å². The van der Waals surface area contributed by atoms with Gasteiger partial charge in [0, 0.05) is 6.54 Å². The second kappa shape index (κ2) is 8.77. The van der Waals surface area contributed by atoms with Crippen LogP contribution in [0.3, 0.4) is 0 Å². The number of nitrogens with two attached hydrogens (primary N) is 1. The molecule has 0 unspecified atom stereocenters. The number of carbonyl (C=O) groups excluding carboxylic acids is 1. The lowest BCUT2D eigenvalue weighted by Crippen LogP contribution is -2.29. The monoisotopic (exact) mass is 277 g/mol. The highest BCUT2D eigenvalue weighted by molar-refractivity contribution is 5.77. The summed E-state index contributed by atoms with van der Waals surface area (Å²) in [5, 5.41) is 10.9. The Bertz CT molecular complexity index is 483. The van der Waals surface area contributed by atoms with Crippen molar-refractivity contribution in [3.8, 4) is 17.6 Å². The van der Waals surface area contributed by atoms with Gasteiger partial charge in [-0.3, -0.25) is 4.79 Å². The molecule has 0 aliphatic heterocycles. The first kappa shape index (κ1) is 15.8. The van der Waals surface area contributed by atoms with E-state index in [0.717, 1.165) is 12.0 Å². The number of methoxy groups -OCH3 is 1. The number of ether oxygens (including phenoxy) is 2. The van der Waals surface area contributed by atoms with Crippen LogP contribution >= 0.6 is 0 Å². The number of hydrogen-bond donors (Lipinski definition) is 2. The lowest BCUT2D eigenvalue weighted by Gasteiger charge is -2.12. The summed E-state index contributed by atoms with van der Waals surface area (Å²) >= 11 is 0. The minimum Gasteiger partial charge on any atom is -0.493 e. The van der Waals surface area contributed by atoms with E-state index in [4.69, 9.17) is 20.5 Å². The van der Waals surface area contributed by atoms with E-state index < -0.39 is 0 Å². The minimum absolute atomic E-state index is 0.113. The molecule has 3 N–H and O–H groups in total. The summed E-state index contributed by atoms with van der Waals surface area (Å²) in [5.41, 5.74) is 6.55. The summed E-state index contributed by atoms with van der Waals surface area (Å²) in [6.45, 7) is 0.772. The lowest BCUT2D eigenvalue weighted by molar-refractivity contribution is -0.123. The Hall–Kier alpha value is -2.26. The van der Waals surface area contributed by atoms with Crippen LogP contribution in [0.15, 0.2) is 18.2 Å². The molecule has 1 rings (SSSR count). The molecule has 20 heavy (non-hydrogen) atoms. The van der Waals surface area contributed by atoms with Gasteiger partial charge in [-0.1, -0.05) is 6.07 Å². The number of hydrogen-bond acceptors (Lipinski definition) is 5. The number of benzene rings is 1. The van der Waals surface area contributed by atoms with Gasteiger partial charge in [0.05, 0.1) is 19.6 Å². The number of nitriles is 1. The maximum absolute atomic E-state index is 11.5. The molecule has 0 spiro atoms. The van der Waals surface area contributed by atoms with Crippen molar-refractivity contribution in [2.45, 2.75) is 12.8 Å². The van der Waals surface area contributed by atoms with Crippen molar-refractivity contribution in [3.05, 3.63) is 23.8 Å². The highest BCUT2D eigenvalue weighted by atomic mass is 16.5. The molecule has 0 aliphatic rings. The van der Waals surface area contributed by atoms with Gasteiger partial charge in [0.2, 0.25) is 0 Å². The number of amides is 1. The van der Waals surface area contributed by atoms with Gasteiger partial charge in [0.25, 0.3) is 5.91 Å². The maximum Gasteiger partial charge on any atom is 0.257 e. The van der Waals surface area contributed by atoms with E-state index in [1.54, 1.807) is 13.2 Å². The highest BCUT2D eigenvalue weighted by Crippen LogP contribution is 2.28. The van der Waals surface area contributed by atoms with Crippen molar-refractivity contribution in [2.75, 3.05) is 26.8 Å². The van der Waals surface area contributed by atoms with E-state index in [1.165, 1.54) is 0 Å². The average Bonchev–Trinajstić information content (AvgIpc) is 2.46. The number of carbonyl (C=O) groups is 1. The first-order valence-corrected chi connectivity index (χ1v) is 6.34. The van der Waals surface area contributed by atoms with Crippen molar-refractivity contribution in [1.82, 2.24) is 5.32 Å². The molecule has 6 nitrogen and oxygen atoms in total. The van der Waals surface area contributed by atoms with Crippen LogP contribution in [0.1, 0.15) is 12.0 Å². The van der Waals surface area contributed by atoms with Crippen molar-refractivity contribution in [2.24, 2.45) is 5.73 Å². The van der Waals surface area contributed by atoms with E-state index in [0.29, 0.717) is 24.6 Å². The third kappa shape index (κ3) is 5.16. The fraction of sp³-hybridized carbons (Fsp3) is 0.429. The third-order valence-corrected chi connectivity index (χ3v) is 2.58. The molecule has 6 heteroatoms. The maximum atomic E-state index is 11.5. The molecule has 0 fully saturated rings. The SMILES string of the molecule is COc1cc(CCN)ccc1OCC(=O)NCCC#N. The first-order valence-electron chi connectivity index (χ1n) is 6.34. The molecule has 1 amide bonds. The van der Waals surface area contributed by atoms with Crippen molar-refractivity contribution in [3.63, 3.8) is 0 Å². The predicted octanol–water partition coefficient (Wildman–Crippen LogP) is 0.605. The minimum atomic E-state index is -0.270. The molecular formula is C14H19N3O3. The molecule has 0 aliphatic carbocycles. The zero-order valence-corrected chi connectivity index (χ0v) is 11.5. The standard InChI is InChI=1S/C14H19N3O3/c1-19-13-9-11(5-7-16)3-4-12(13)20-10-14(18)17-8-2-6-15/h3-4,9H,2,5,7-8,10,16H2,1H3,(H,17,18). The van der Waals surface area contributed by atoms with Crippen LogP contribution in [-0.2, 0) is 11.2 Å². The fourth-order valence-electron chi connectivity index (χ4n) is 1.61. The Morgan fingerprint density at radius 1 is 1.45 bits per heavy atom. The van der Waals surface area contributed by atoms with Gasteiger partial charge < -0.3 is 20.5 Å². The Morgan fingerprint density at radius 2 is 2.25 bits per heavy atom. The van der Waals surface area contributed by atoms with E-state index in [2.05, 4.69) is 5.32 Å². The van der Waals surface area contributed by atoms with E-state index >= 15 is 0 Å². The molecule has 1 aromatic rings. The van der Waals surface area contributed by atoms with E-state index in [9.17, 15) is 4.79 Å². The molecular weight excluding hydrogens is 258 g/mol. The normalized spacial score (nSPS) is 9.65. The van der Waals surface area contributed by atoms with Gasteiger partial charge in [-0.15, -0.1) is 0 Å². The summed E-state index contributed by atoms with van der Waals surface area (Å²) in [6.07, 6.45) is 1.04. The van der Waals surface area contributed by atoms with Crippen molar-refractivity contribution in [1.29, 1.82) is 5.26 Å². The molecule has 0 radical (unpaired) electrons. The zero-order valence-electron chi connectivity index (χ0n) is 11.5. The topological polar surface area (TPSA) is 97.4 Å². The van der Waals surface area contributed by atoms with Crippen LogP contribution in [0.4, 0.5) is 0 Å². The van der Waals surface area contributed by atoms with Gasteiger partial charge in [-0.2, -0.15) is 5.26 Å². The van der Waals surface area contributed by atoms with Crippen LogP contribution in [0.5, 0.6) is 11.5 Å². The molecule has 1 aromatic carbocycles. The van der Waals surface area contributed by atoms with E-state index in [-0.39, 0.29) is 18.9 Å². The van der Waals surface area contributed by atoms with Crippen LogP contribution in [0.25, 0.3) is 0 Å². The van der Waals surface area contributed by atoms with Crippen LogP contribution < -0.4 is 20.5 Å². The fourth-order valence-corrected chi connectivity index (χ4v) is 1.61. The van der Waals surface area contributed by atoms with E-state index in [1.807, 2.05) is 18.2 Å². The molecule has 108 valence electrons. The van der Waals surface area contributed by atoms with Gasteiger partial charge in [-0.25, -0.2) is 0 Å². The van der Waals surface area contributed by atoms with Gasteiger partial charge in [0.15, 0.2) is 18.1 Å². The molecule has 0 bridgehead atoms. The van der Waals surface area contributed by atoms with Gasteiger partial charge >= 0.3 is 0 Å². The third-order valence-electron chi connectivity index (χ3n) is 2.58. The zero-order chi connectivity index (χ0) is 14.8. The predicted molar refractivity (Wildman–Crippen MR) is 74.5 cm³/mol. The lowest BCUT2D eigenvalue weighted by atomic mass is 10.1. The second-order valence-corrected chi connectivity index (χ2v) is 4.07. The summed E-state index contributed by atoms with van der Waals surface area (Å²) in [5.74, 6) is 0.804. The molecule has 0 aromatic heterocycles. The van der Waals surface area contributed by atoms with Crippen LogP contribution in [0, 0.1) is 11.3 Å². The Morgan fingerprint density at radius 3 is 2.90 bits per heavy atom. The van der Waals surface area contributed by atoms with Crippen LogP contribution in [0.2, 0.25) is 0 Å². The first-order chi connectivity index (χ1) is 9.71. The number of nitrogens with zero attached hydrogens (tertiary/aromatic N) is 1. The molecule has 0 saturated heterocycles. The quantitative estimate of drug-likeness (QED) is 0.678. The number of nitrogens with one attached hydrogen (secondary N) is 1. The highest BCUT2D eigenvalue weighted by Gasteiger charge is 2.08. The Kier molecular flexibility index (Phi) is 6.93. The number of rotatable bonds is 8. The van der Waals surface area contributed by atoms with Crippen LogP contribution in [-0.4, -0.2) is 32.7 Å². The van der Waals surface area contributed by atoms with Crippen molar-refractivity contribution < 1.29 is 14.3 Å². The molecule has 0 atom stereocenters. The molecule has 0 heterocycles. The summed E-state index contributed by atoms with van der Waals surface area (Å²) in [7, 11) is 1.54. The molecule has 0 saturated carbocycles. The summed E-state index contributed by atoms with van der Waals surface area (Å²) in [6, 6.07) is 7.43. The largest absolute Gasteiger partial charge is 0.493 e.